The van der Waals surface area contributed by atoms with Gasteiger partial charge in [0, 0.05) is 12.1 Å². The summed E-state index contributed by atoms with van der Waals surface area (Å²) in [6, 6.07) is -0.241. The third kappa shape index (κ3) is 2.14. The van der Waals surface area contributed by atoms with Gasteiger partial charge in [-0.3, -0.25) is 9.69 Å². The maximum atomic E-state index is 10.6. The van der Waals surface area contributed by atoms with Crippen LogP contribution in [0.4, 0.5) is 0 Å². The minimum Gasteiger partial charge on any atom is -0.480 e. The lowest BCUT2D eigenvalue weighted by Gasteiger charge is -2.47. The fourth-order valence-electron chi connectivity index (χ4n) is 1.45. The molecule has 0 aromatic carbocycles. The van der Waals surface area contributed by atoms with Crippen LogP contribution in [-0.2, 0) is 4.79 Å². The van der Waals surface area contributed by atoms with Gasteiger partial charge in [0.2, 0.25) is 0 Å². The number of carboxylic acids is 1. The summed E-state index contributed by atoms with van der Waals surface area (Å²) in [5, 5.41) is 8.73. The number of hydrogen-bond donors (Lipinski definition) is 1. The first-order valence-corrected chi connectivity index (χ1v) is 3.92. The second-order valence-corrected chi connectivity index (χ2v) is 4.01. The molecule has 1 rings (SSSR count). The average molecular weight is 191 g/mol. The SMILES string of the molecule is CC(C)(C)N1CC[C@H]1C(=O)O.S. The fraction of sp³-hybridized carbons (Fsp3) is 0.875. The van der Waals surface area contributed by atoms with Gasteiger partial charge in [-0.1, -0.05) is 0 Å². The molecule has 3 nitrogen and oxygen atoms in total. The molecule has 1 aliphatic rings. The molecule has 0 spiro atoms. The van der Waals surface area contributed by atoms with Crippen molar-refractivity contribution in [1.29, 1.82) is 0 Å². The number of likely N-dealkylation sites (tertiary alicyclic amines) is 1. The van der Waals surface area contributed by atoms with E-state index in [9.17, 15) is 4.79 Å². The Hall–Kier alpha value is -0.220. The van der Waals surface area contributed by atoms with Crippen molar-refractivity contribution in [3.05, 3.63) is 0 Å². The Morgan fingerprint density at radius 2 is 2.00 bits per heavy atom. The average Bonchev–Trinajstić information content (AvgIpc) is 1.51. The van der Waals surface area contributed by atoms with Crippen molar-refractivity contribution in [2.45, 2.75) is 38.8 Å². The summed E-state index contributed by atoms with van der Waals surface area (Å²) in [6.45, 7) is 7.05. The predicted molar refractivity (Wildman–Crippen MR) is 52.9 cm³/mol. The van der Waals surface area contributed by atoms with Gasteiger partial charge < -0.3 is 5.11 Å². The summed E-state index contributed by atoms with van der Waals surface area (Å²) in [4.78, 5) is 12.6. The van der Waals surface area contributed by atoms with E-state index in [-0.39, 0.29) is 25.1 Å². The molecule has 0 aromatic heterocycles. The topological polar surface area (TPSA) is 40.5 Å². The monoisotopic (exact) mass is 191 g/mol. The lowest BCUT2D eigenvalue weighted by Crippen LogP contribution is -2.60. The lowest BCUT2D eigenvalue weighted by atomic mass is 9.93. The zero-order chi connectivity index (χ0) is 8.65. The smallest absolute Gasteiger partial charge is 0.320 e. The molecule has 0 amide bonds. The van der Waals surface area contributed by atoms with Crippen LogP contribution >= 0.6 is 13.5 Å². The minimum atomic E-state index is -0.689. The normalized spacial score (nSPS) is 24.1. The molecule has 1 heterocycles. The maximum Gasteiger partial charge on any atom is 0.320 e. The van der Waals surface area contributed by atoms with Gasteiger partial charge in [0.25, 0.3) is 0 Å². The number of hydrogen-bond acceptors (Lipinski definition) is 2. The molecular weight excluding hydrogens is 174 g/mol. The van der Waals surface area contributed by atoms with Gasteiger partial charge in [-0.25, -0.2) is 0 Å². The van der Waals surface area contributed by atoms with Crippen LogP contribution in [0.5, 0.6) is 0 Å². The molecule has 0 aromatic rings. The Morgan fingerprint density at radius 3 is 2.08 bits per heavy atom. The second kappa shape index (κ2) is 3.66. The van der Waals surface area contributed by atoms with Crippen LogP contribution in [-0.4, -0.2) is 34.1 Å². The predicted octanol–water partition coefficient (Wildman–Crippen LogP) is 1.06. The van der Waals surface area contributed by atoms with Gasteiger partial charge in [0.15, 0.2) is 0 Å². The number of rotatable bonds is 1. The summed E-state index contributed by atoms with van der Waals surface area (Å²) in [7, 11) is 0. The first-order chi connectivity index (χ1) is 4.93. The number of nitrogens with zero attached hydrogens (tertiary/aromatic N) is 1. The molecule has 1 N–H and O–H groups in total. The van der Waals surface area contributed by atoms with Crippen LogP contribution < -0.4 is 0 Å². The zero-order valence-corrected chi connectivity index (χ0v) is 8.79. The highest BCUT2D eigenvalue weighted by Crippen LogP contribution is 2.27. The van der Waals surface area contributed by atoms with E-state index in [0.29, 0.717) is 0 Å². The summed E-state index contributed by atoms with van der Waals surface area (Å²) >= 11 is 0. The van der Waals surface area contributed by atoms with Crippen LogP contribution in [0.25, 0.3) is 0 Å². The van der Waals surface area contributed by atoms with E-state index in [1.54, 1.807) is 0 Å². The van der Waals surface area contributed by atoms with Crippen molar-refractivity contribution in [3.8, 4) is 0 Å². The largest absolute Gasteiger partial charge is 0.480 e. The quantitative estimate of drug-likeness (QED) is 0.673. The first-order valence-electron chi connectivity index (χ1n) is 3.92. The minimum absolute atomic E-state index is 0. The van der Waals surface area contributed by atoms with Gasteiger partial charge in [0.1, 0.15) is 6.04 Å². The van der Waals surface area contributed by atoms with Gasteiger partial charge in [-0.05, 0) is 27.2 Å². The second-order valence-electron chi connectivity index (χ2n) is 4.01. The maximum absolute atomic E-state index is 10.6. The Balaban J connectivity index is 0.00000121. The fourth-order valence-corrected chi connectivity index (χ4v) is 1.45. The van der Waals surface area contributed by atoms with E-state index in [0.717, 1.165) is 13.0 Å². The van der Waals surface area contributed by atoms with Crippen LogP contribution in [0.1, 0.15) is 27.2 Å². The Kier molecular flexibility index (Phi) is 3.59. The van der Waals surface area contributed by atoms with E-state index in [2.05, 4.69) is 0 Å². The number of carboxylic acid groups (broad SMARTS) is 1. The molecule has 72 valence electrons. The molecule has 0 bridgehead atoms. The van der Waals surface area contributed by atoms with Gasteiger partial charge in [-0.15, -0.1) is 0 Å². The molecule has 1 aliphatic heterocycles. The highest BCUT2D eigenvalue weighted by molar-refractivity contribution is 7.59. The van der Waals surface area contributed by atoms with Crippen molar-refractivity contribution in [2.75, 3.05) is 6.54 Å². The molecule has 0 aliphatic carbocycles. The van der Waals surface area contributed by atoms with Crippen molar-refractivity contribution in [1.82, 2.24) is 4.90 Å². The van der Waals surface area contributed by atoms with Crippen LogP contribution in [0.15, 0.2) is 0 Å². The highest BCUT2D eigenvalue weighted by Gasteiger charge is 2.40. The molecule has 12 heavy (non-hydrogen) atoms. The molecule has 0 unspecified atom stereocenters. The Morgan fingerprint density at radius 1 is 1.50 bits per heavy atom. The van der Waals surface area contributed by atoms with E-state index in [1.165, 1.54) is 0 Å². The molecule has 0 saturated carbocycles. The van der Waals surface area contributed by atoms with Gasteiger partial charge in [0.05, 0.1) is 0 Å². The summed E-state index contributed by atoms with van der Waals surface area (Å²) in [5.74, 6) is -0.689. The summed E-state index contributed by atoms with van der Waals surface area (Å²) in [5.41, 5.74) is 0.00130. The van der Waals surface area contributed by atoms with Gasteiger partial charge in [-0.2, -0.15) is 13.5 Å². The van der Waals surface area contributed by atoms with Crippen LogP contribution in [0.2, 0.25) is 0 Å². The van der Waals surface area contributed by atoms with Gasteiger partial charge >= 0.3 is 5.97 Å². The van der Waals surface area contributed by atoms with Crippen LogP contribution in [0, 0.1) is 0 Å². The van der Waals surface area contributed by atoms with Crippen molar-refractivity contribution in [2.24, 2.45) is 0 Å². The van der Waals surface area contributed by atoms with E-state index >= 15 is 0 Å². The first kappa shape index (κ1) is 11.8. The van der Waals surface area contributed by atoms with E-state index in [4.69, 9.17) is 5.11 Å². The Bertz CT molecular complexity index is 176. The zero-order valence-electron chi connectivity index (χ0n) is 7.79. The number of carbonyl (C=O) groups is 1. The molecule has 1 saturated heterocycles. The van der Waals surface area contributed by atoms with Crippen molar-refractivity contribution >= 4 is 19.5 Å². The summed E-state index contributed by atoms with van der Waals surface area (Å²) < 4.78 is 0. The molecular formula is C8H17NO2S. The standard InChI is InChI=1S/C8H15NO2.H2S/c1-8(2,3)9-5-4-6(9)7(10)11;/h6H,4-5H2,1-3H3,(H,10,11);1H2/t6-;/m0./s1. The number of aliphatic carboxylic acids is 1. The van der Waals surface area contributed by atoms with Crippen molar-refractivity contribution in [3.63, 3.8) is 0 Å². The summed E-state index contributed by atoms with van der Waals surface area (Å²) in [6.07, 6.45) is 0.798. The molecule has 0 radical (unpaired) electrons. The molecule has 1 fully saturated rings. The van der Waals surface area contributed by atoms with E-state index in [1.807, 2.05) is 25.7 Å². The Labute approximate surface area is 80.2 Å². The molecule has 1 atom stereocenters. The lowest BCUT2D eigenvalue weighted by molar-refractivity contribution is -0.152. The molecule has 4 heteroatoms. The highest BCUT2D eigenvalue weighted by atomic mass is 32.1. The van der Waals surface area contributed by atoms with E-state index < -0.39 is 5.97 Å². The third-order valence-corrected chi connectivity index (χ3v) is 2.17. The van der Waals surface area contributed by atoms with Crippen molar-refractivity contribution < 1.29 is 9.90 Å². The third-order valence-electron chi connectivity index (χ3n) is 2.17. The van der Waals surface area contributed by atoms with Crippen LogP contribution in [0.3, 0.4) is 0 Å².